The molecule has 0 aliphatic carbocycles. The van der Waals surface area contributed by atoms with E-state index in [1.165, 1.54) is 12.1 Å². The molecule has 2 aliphatic rings. The maximum atomic E-state index is 13.2. The number of piperazine rings is 1. The van der Waals surface area contributed by atoms with Gasteiger partial charge in [0, 0.05) is 56.6 Å². The summed E-state index contributed by atoms with van der Waals surface area (Å²) in [6, 6.07) is 13.4. The molecule has 2 aliphatic heterocycles. The Labute approximate surface area is 192 Å². The molecule has 172 valence electrons. The lowest BCUT2D eigenvalue weighted by atomic mass is 10.1. The molecule has 33 heavy (non-hydrogen) atoms. The Morgan fingerprint density at radius 1 is 1.00 bits per heavy atom. The second-order valence-corrected chi connectivity index (χ2v) is 8.23. The molecule has 2 heterocycles. The van der Waals surface area contributed by atoms with Crippen molar-refractivity contribution >= 4 is 35.2 Å². The summed E-state index contributed by atoms with van der Waals surface area (Å²) in [5, 5.41) is 2.69. The highest BCUT2D eigenvalue weighted by molar-refractivity contribution is 5.96. The van der Waals surface area contributed by atoms with Crippen LogP contribution in [0.25, 0.3) is 6.08 Å². The average Bonchev–Trinajstić information content (AvgIpc) is 3.24. The third kappa shape index (κ3) is 6.04. The maximum Gasteiger partial charge on any atom is 0.246 e. The number of rotatable bonds is 6. The Bertz CT molecular complexity index is 1050. The number of benzene rings is 2. The van der Waals surface area contributed by atoms with Crippen LogP contribution < -0.4 is 10.2 Å². The Balaban J connectivity index is 1.22. The summed E-state index contributed by atoms with van der Waals surface area (Å²) >= 11 is 0. The van der Waals surface area contributed by atoms with E-state index in [9.17, 15) is 18.8 Å². The van der Waals surface area contributed by atoms with E-state index in [1.54, 1.807) is 34.1 Å². The first-order chi connectivity index (χ1) is 16.0. The molecule has 0 saturated carbocycles. The number of amides is 3. The lowest BCUT2D eigenvalue weighted by Gasteiger charge is -2.33. The first-order valence-electron chi connectivity index (χ1n) is 11.1. The van der Waals surface area contributed by atoms with Crippen molar-refractivity contribution in [3.05, 3.63) is 66.0 Å². The van der Waals surface area contributed by atoms with Crippen molar-refractivity contribution < 1.29 is 18.8 Å². The van der Waals surface area contributed by atoms with Gasteiger partial charge in [-0.2, -0.15) is 0 Å². The van der Waals surface area contributed by atoms with Gasteiger partial charge in [-0.05, 0) is 48.4 Å². The van der Waals surface area contributed by atoms with Gasteiger partial charge in [-0.15, -0.1) is 0 Å². The van der Waals surface area contributed by atoms with Gasteiger partial charge in [-0.3, -0.25) is 19.3 Å². The van der Waals surface area contributed by atoms with E-state index in [0.717, 1.165) is 24.2 Å². The lowest BCUT2D eigenvalue weighted by Crippen LogP contribution is -2.50. The van der Waals surface area contributed by atoms with E-state index in [2.05, 4.69) is 5.32 Å². The van der Waals surface area contributed by atoms with Crippen molar-refractivity contribution in [2.45, 2.75) is 12.8 Å². The number of anilines is 2. The van der Waals surface area contributed by atoms with Crippen LogP contribution in [0.1, 0.15) is 18.4 Å². The first kappa shape index (κ1) is 22.7. The fraction of sp³-hybridized carbons (Fsp3) is 0.320. The summed E-state index contributed by atoms with van der Waals surface area (Å²) in [6.45, 7) is 3.20. The summed E-state index contributed by atoms with van der Waals surface area (Å²) in [7, 11) is 0. The second kappa shape index (κ2) is 10.4. The van der Waals surface area contributed by atoms with Gasteiger partial charge in [0.15, 0.2) is 0 Å². The van der Waals surface area contributed by atoms with E-state index in [1.807, 2.05) is 29.2 Å². The molecule has 3 amide bonds. The van der Waals surface area contributed by atoms with Gasteiger partial charge in [0.2, 0.25) is 17.7 Å². The van der Waals surface area contributed by atoms with E-state index in [0.29, 0.717) is 38.3 Å². The number of nitrogens with zero attached hydrogens (tertiary/aromatic N) is 3. The molecule has 7 nitrogen and oxygen atoms in total. The molecule has 0 bridgehead atoms. The Kier molecular flexibility index (Phi) is 7.14. The van der Waals surface area contributed by atoms with Gasteiger partial charge in [0.05, 0.1) is 6.54 Å². The zero-order valence-corrected chi connectivity index (χ0v) is 18.4. The van der Waals surface area contributed by atoms with Gasteiger partial charge in [-0.1, -0.05) is 18.2 Å². The van der Waals surface area contributed by atoms with Crippen LogP contribution in [-0.4, -0.2) is 66.8 Å². The predicted octanol–water partition coefficient (Wildman–Crippen LogP) is 2.75. The van der Waals surface area contributed by atoms with Crippen molar-refractivity contribution in [3.8, 4) is 0 Å². The monoisotopic (exact) mass is 450 g/mol. The first-order valence-corrected chi connectivity index (χ1v) is 11.1. The van der Waals surface area contributed by atoms with Crippen molar-refractivity contribution in [2.24, 2.45) is 0 Å². The molecule has 2 fully saturated rings. The fourth-order valence-electron chi connectivity index (χ4n) is 4.06. The fourth-order valence-corrected chi connectivity index (χ4v) is 4.06. The molecule has 0 unspecified atom stereocenters. The molecule has 0 radical (unpaired) electrons. The summed E-state index contributed by atoms with van der Waals surface area (Å²) in [5.74, 6) is -0.526. The minimum atomic E-state index is -0.398. The molecule has 0 spiro atoms. The van der Waals surface area contributed by atoms with Gasteiger partial charge in [-0.25, -0.2) is 4.39 Å². The third-order valence-corrected chi connectivity index (χ3v) is 5.86. The van der Waals surface area contributed by atoms with Gasteiger partial charge < -0.3 is 15.1 Å². The standard InChI is InChI=1S/C25H27FN4O3/c26-20-3-1-4-21(17-20)27-23(31)18-28-13-15-29(16-14-28)24(32)11-8-19-6-9-22(10-7-19)30-12-2-5-25(30)33/h1,3-4,6-11,17H,2,5,12-16,18H2,(H,27,31)/b11-8+. The SMILES string of the molecule is O=C(CN1CCN(C(=O)/C=C/c2ccc(N3CCCC3=O)cc2)CC1)Nc1cccc(F)c1. The van der Waals surface area contributed by atoms with Crippen LogP contribution in [0.15, 0.2) is 54.6 Å². The van der Waals surface area contributed by atoms with Crippen molar-refractivity contribution in [3.63, 3.8) is 0 Å². The molecule has 4 rings (SSSR count). The average molecular weight is 451 g/mol. The molecule has 0 atom stereocenters. The van der Waals surface area contributed by atoms with E-state index in [-0.39, 0.29) is 24.3 Å². The predicted molar refractivity (Wildman–Crippen MR) is 125 cm³/mol. The number of hydrogen-bond acceptors (Lipinski definition) is 4. The summed E-state index contributed by atoms with van der Waals surface area (Å²) in [5.41, 5.74) is 2.21. The minimum absolute atomic E-state index is 0.0716. The highest BCUT2D eigenvalue weighted by atomic mass is 19.1. The Morgan fingerprint density at radius 3 is 2.42 bits per heavy atom. The van der Waals surface area contributed by atoms with Gasteiger partial charge in [0.25, 0.3) is 0 Å². The number of carbonyl (C=O) groups excluding carboxylic acids is 3. The lowest BCUT2D eigenvalue weighted by molar-refractivity contribution is -0.128. The third-order valence-electron chi connectivity index (χ3n) is 5.86. The molecule has 8 heteroatoms. The smallest absolute Gasteiger partial charge is 0.246 e. The summed E-state index contributed by atoms with van der Waals surface area (Å²) < 4.78 is 13.2. The molecule has 0 aromatic heterocycles. The highest BCUT2D eigenvalue weighted by Crippen LogP contribution is 2.22. The van der Waals surface area contributed by atoms with Crippen LogP contribution in [0.5, 0.6) is 0 Å². The van der Waals surface area contributed by atoms with Crippen LogP contribution in [0.2, 0.25) is 0 Å². The summed E-state index contributed by atoms with van der Waals surface area (Å²) in [4.78, 5) is 42.1. The van der Waals surface area contributed by atoms with Crippen molar-refractivity contribution in [1.29, 1.82) is 0 Å². The van der Waals surface area contributed by atoms with Crippen molar-refractivity contribution in [1.82, 2.24) is 9.80 Å². The second-order valence-electron chi connectivity index (χ2n) is 8.23. The minimum Gasteiger partial charge on any atom is -0.337 e. The van der Waals surface area contributed by atoms with E-state index >= 15 is 0 Å². The Hall–Kier alpha value is -3.52. The van der Waals surface area contributed by atoms with Crippen LogP contribution in [0, 0.1) is 5.82 Å². The van der Waals surface area contributed by atoms with Crippen LogP contribution in [-0.2, 0) is 14.4 Å². The zero-order chi connectivity index (χ0) is 23.2. The van der Waals surface area contributed by atoms with Crippen molar-refractivity contribution in [2.75, 3.05) is 49.5 Å². The van der Waals surface area contributed by atoms with Gasteiger partial charge in [0.1, 0.15) is 5.82 Å². The Morgan fingerprint density at radius 2 is 1.76 bits per heavy atom. The molecule has 2 aromatic rings. The normalized spacial score (nSPS) is 17.1. The topological polar surface area (TPSA) is 73.0 Å². The van der Waals surface area contributed by atoms with E-state index in [4.69, 9.17) is 0 Å². The van der Waals surface area contributed by atoms with Crippen LogP contribution in [0.4, 0.5) is 15.8 Å². The summed E-state index contributed by atoms with van der Waals surface area (Å²) in [6.07, 6.45) is 4.82. The number of carbonyl (C=O) groups is 3. The molecule has 1 N–H and O–H groups in total. The van der Waals surface area contributed by atoms with E-state index < -0.39 is 5.82 Å². The zero-order valence-electron chi connectivity index (χ0n) is 18.4. The maximum absolute atomic E-state index is 13.2. The highest BCUT2D eigenvalue weighted by Gasteiger charge is 2.22. The van der Waals surface area contributed by atoms with Gasteiger partial charge >= 0.3 is 0 Å². The largest absolute Gasteiger partial charge is 0.337 e. The number of halogens is 1. The quantitative estimate of drug-likeness (QED) is 0.687. The van der Waals surface area contributed by atoms with Crippen LogP contribution >= 0.6 is 0 Å². The number of nitrogens with one attached hydrogen (secondary N) is 1. The van der Waals surface area contributed by atoms with Crippen LogP contribution in [0.3, 0.4) is 0 Å². The molecule has 2 aromatic carbocycles. The molecular weight excluding hydrogens is 423 g/mol. The molecular formula is C25H27FN4O3. The number of hydrogen-bond donors (Lipinski definition) is 1. The molecule has 2 saturated heterocycles.